The fourth-order valence-corrected chi connectivity index (χ4v) is 2.09. The zero-order valence-electron chi connectivity index (χ0n) is 5.43. The highest BCUT2D eigenvalue weighted by Gasteiger charge is 2.10. The molecule has 0 aromatic rings. The van der Waals surface area contributed by atoms with E-state index in [-0.39, 0.29) is 5.92 Å². The first kappa shape index (κ1) is 7.13. The third-order valence-corrected chi connectivity index (χ3v) is 2.79. The van der Waals surface area contributed by atoms with E-state index in [4.69, 9.17) is 0 Å². The molecule has 0 N–H and O–H groups in total. The minimum Gasteiger partial charge on any atom is -0.291 e. The normalized spacial score (nSPS) is 29.1. The lowest BCUT2D eigenvalue weighted by Gasteiger charge is -1.99. The predicted molar refractivity (Wildman–Crippen MR) is 40.4 cm³/mol. The number of carbonyl (C=O) groups excluding carboxylic acids is 1. The van der Waals surface area contributed by atoms with Crippen LogP contribution in [0.1, 0.15) is 19.3 Å². The quantitative estimate of drug-likeness (QED) is 0.555. The van der Waals surface area contributed by atoms with Crippen molar-refractivity contribution in [3.8, 4) is 0 Å². The van der Waals surface area contributed by atoms with Gasteiger partial charge in [0.15, 0.2) is 0 Å². The van der Waals surface area contributed by atoms with Crippen LogP contribution in [0.5, 0.6) is 0 Å². The molecule has 1 aliphatic rings. The molecule has 51 valence electrons. The monoisotopic (exact) mass is 143 g/mol. The van der Waals surface area contributed by atoms with Gasteiger partial charge in [0.25, 0.3) is 0 Å². The molecular weight excluding hydrogens is 132 g/mol. The van der Waals surface area contributed by atoms with Crippen LogP contribution >= 0.6 is 11.8 Å². The van der Waals surface area contributed by atoms with E-state index in [0.717, 1.165) is 12.2 Å². The van der Waals surface area contributed by atoms with Crippen LogP contribution in [0.2, 0.25) is 0 Å². The summed E-state index contributed by atoms with van der Waals surface area (Å²) < 4.78 is 0. The minimum atomic E-state index is 0.234. The molecule has 1 rings (SSSR count). The second-order valence-corrected chi connectivity index (χ2v) is 3.54. The molecule has 1 atom stereocenters. The van der Waals surface area contributed by atoms with Gasteiger partial charge in [-0.2, -0.15) is 11.8 Å². The summed E-state index contributed by atoms with van der Waals surface area (Å²) in [5.74, 6) is 2.47. The van der Waals surface area contributed by atoms with Crippen LogP contribution < -0.4 is 0 Å². The number of hydrogen-bond acceptors (Lipinski definition) is 2. The van der Waals surface area contributed by atoms with Crippen molar-refractivity contribution in [3.63, 3.8) is 0 Å². The fourth-order valence-electron chi connectivity index (χ4n) is 0.997. The SMILES string of the molecule is O=[C]C1CCCCSC1. The Morgan fingerprint density at radius 3 is 3.11 bits per heavy atom. The molecule has 9 heavy (non-hydrogen) atoms. The Morgan fingerprint density at radius 2 is 2.33 bits per heavy atom. The summed E-state index contributed by atoms with van der Waals surface area (Å²) in [7, 11) is 0. The third-order valence-electron chi connectivity index (χ3n) is 1.58. The first-order valence-corrected chi connectivity index (χ1v) is 4.54. The van der Waals surface area contributed by atoms with Gasteiger partial charge in [-0.25, -0.2) is 0 Å². The molecule has 0 bridgehead atoms. The van der Waals surface area contributed by atoms with Gasteiger partial charge in [-0.1, -0.05) is 6.42 Å². The molecule has 1 heterocycles. The third kappa shape index (κ3) is 2.39. The van der Waals surface area contributed by atoms with Gasteiger partial charge in [0.2, 0.25) is 6.29 Å². The molecule has 1 saturated heterocycles. The van der Waals surface area contributed by atoms with Gasteiger partial charge in [0.05, 0.1) is 0 Å². The molecule has 1 aliphatic heterocycles. The van der Waals surface area contributed by atoms with Crippen molar-refractivity contribution in [2.24, 2.45) is 5.92 Å². The molecule has 0 amide bonds. The molecule has 1 nitrogen and oxygen atoms in total. The van der Waals surface area contributed by atoms with E-state index in [1.165, 1.54) is 18.6 Å². The summed E-state index contributed by atoms with van der Waals surface area (Å²) in [4.78, 5) is 10.2. The van der Waals surface area contributed by atoms with E-state index in [1.54, 1.807) is 0 Å². The van der Waals surface area contributed by atoms with Crippen LogP contribution in [0.4, 0.5) is 0 Å². The first-order chi connectivity index (χ1) is 4.43. The van der Waals surface area contributed by atoms with E-state index in [1.807, 2.05) is 11.8 Å². The molecule has 0 aromatic carbocycles. The van der Waals surface area contributed by atoms with E-state index in [2.05, 4.69) is 6.29 Å². The Kier molecular flexibility index (Phi) is 3.12. The standard InChI is InChI=1S/C7H11OS/c8-5-7-3-1-2-4-9-6-7/h7H,1-4,6H2. The van der Waals surface area contributed by atoms with Gasteiger partial charge in [-0.05, 0) is 18.6 Å². The van der Waals surface area contributed by atoms with E-state index < -0.39 is 0 Å². The highest BCUT2D eigenvalue weighted by molar-refractivity contribution is 7.99. The van der Waals surface area contributed by atoms with Crippen LogP contribution in [0.3, 0.4) is 0 Å². The second kappa shape index (κ2) is 3.94. The summed E-state index contributed by atoms with van der Waals surface area (Å²) in [6, 6.07) is 0. The van der Waals surface area contributed by atoms with Gasteiger partial charge < -0.3 is 0 Å². The lowest BCUT2D eigenvalue weighted by molar-refractivity contribution is 0.517. The lowest BCUT2D eigenvalue weighted by Crippen LogP contribution is -2.02. The van der Waals surface area contributed by atoms with Gasteiger partial charge >= 0.3 is 0 Å². The summed E-state index contributed by atoms with van der Waals surface area (Å²) in [5, 5.41) is 0. The fraction of sp³-hybridized carbons (Fsp3) is 0.857. The summed E-state index contributed by atoms with van der Waals surface area (Å²) in [6.07, 6.45) is 5.63. The van der Waals surface area contributed by atoms with Crippen molar-refractivity contribution < 1.29 is 4.79 Å². The predicted octanol–water partition coefficient (Wildman–Crippen LogP) is 1.63. The Hall–Kier alpha value is 0.0200. The van der Waals surface area contributed by atoms with Crippen molar-refractivity contribution in [1.82, 2.24) is 0 Å². The number of rotatable bonds is 1. The van der Waals surface area contributed by atoms with Crippen molar-refractivity contribution >= 4 is 18.0 Å². The summed E-state index contributed by atoms with van der Waals surface area (Å²) >= 11 is 1.89. The van der Waals surface area contributed by atoms with Crippen LogP contribution in [0.25, 0.3) is 0 Å². The largest absolute Gasteiger partial charge is 0.291 e. The average molecular weight is 143 g/mol. The molecule has 1 unspecified atom stereocenters. The van der Waals surface area contributed by atoms with Crippen molar-refractivity contribution in [2.45, 2.75) is 19.3 Å². The van der Waals surface area contributed by atoms with Gasteiger partial charge in [-0.15, -0.1) is 0 Å². The number of hydrogen-bond donors (Lipinski definition) is 0. The smallest absolute Gasteiger partial charge is 0.202 e. The zero-order chi connectivity index (χ0) is 6.53. The molecule has 0 aliphatic carbocycles. The Bertz CT molecular complexity index is 84.9. The van der Waals surface area contributed by atoms with Crippen LogP contribution in [0.15, 0.2) is 0 Å². The minimum absolute atomic E-state index is 0.234. The molecule has 0 aromatic heterocycles. The van der Waals surface area contributed by atoms with E-state index in [9.17, 15) is 4.79 Å². The molecule has 0 saturated carbocycles. The Balaban J connectivity index is 2.26. The molecule has 2 heteroatoms. The van der Waals surface area contributed by atoms with Crippen LogP contribution in [-0.4, -0.2) is 17.8 Å². The Labute approximate surface area is 60.2 Å². The molecule has 0 spiro atoms. The first-order valence-electron chi connectivity index (χ1n) is 3.39. The maximum atomic E-state index is 10.2. The van der Waals surface area contributed by atoms with Crippen molar-refractivity contribution in [3.05, 3.63) is 0 Å². The Morgan fingerprint density at radius 1 is 1.44 bits per heavy atom. The van der Waals surface area contributed by atoms with Gasteiger partial charge in [0, 0.05) is 11.7 Å². The molecular formula is C7H11OS. The van der Waals surface area contributed by atoms with E-state index in [0.29, 0.717) is 0 Å². The van der Waals surface area contributed by atoms with Gasteiger partial charge in [-0.3, -0.25) is 4.79 Å². The van der Waals surface area contributed by atoms with Gasteiger partial charge in [0.1, 0.15) is 0 Å². The summed E-state index contributed by atoms with van der Waals surface area (Å²) in [5.41, 5.74) is 0. The highest BCUT2D eigenvalue weighted by atomic mass is 32.2. The van der Waals surface area contributed by atoms with Crippen LogP contribution in [-0.2, 0) is 4.79 Å². The lowest BCUT2D eigenvalue weighted by atomic mass is 10.1. The topological polar surface area (TPSA) is 17.1 Å². The molecule has 1 radical (unpaired) electrons. The second-order valence-electron chi connectivity index (χ2n) is 2.39. The highest BCUT2D eigenvalue weighted by Crippen LogP contribution is 2.19. The molecule has 1 fully saturated rings. The zero-order valence-corrected chi connectivity index (χ0v) is 6.25. The van der Waals surface area contributed by atoms with E-state index >= 15 is 0 Å². The van der Waals surface area contributed by atoms with Crippen molar-refractivity contribution in [2.75, 3.05) is 11.5 Å². The van der Waals surface area contributed by atoms with Crippen LogP contribution in [0, 0.1) is 5.92 Å². The number of thioether (sulfide) groups is 1. The summed E-state index contributed by atoms with van der Waals surface area (Å²) in [6.45, 7) is 0. The maximum absolute atomic E-state index is 10.2. The maximum Gasteiger partial charge on any atom is 0.202 e. The average Bonchev–Trinajstić information content (AvgIpc) is 2.13. The van der Waals surface area contributed by atoms with Crippen molar-refractivity contribution in [1.29, 1.82) is 0 Å².